The lowest BCUT2D eigenvalue weighted by molar-refractivity contribution is 0.208. The molecule has 0 bridgehead atoms. The number of hydrogen-bond acceptors (Lipinski definition) is 3. The fraction of sp³-hybridized carbons (Fsp3) is 0.176. The highest BCUT2D eigenvalue weighted by molar-refractivity contribution is 9.09. The molecule has 2 rings (SSSR count). The molecule has 0 aliphatic carbocycles. The van der Waals surface area contributed by atoms with Crippen LogP contribution in [0.5, 0.6) is 5.75 Å². The fourth-order valence-corrected chi connectivity index (χ4v) is 2.49. The Hall–Kier alpha value is -1.92. The number of carbonyl (C=O) groups is 1. The van der Waals surface area contributed by atoms with Crippen LogP contribution in [0.2, 0.25) is 0 Å². The van der Waals surface area contributed by atoms with Gasteiger partial charge in [0.2, 0.25) is 0 Å². The highest BCUT2D eigenvalue weighted by Gasteiger charge is 2.17. The topological polar surface area (TPSA) is 41.6 Å². The van der Waals surface area contributed by atoms with Gasteiger partial charge in [-0.1, -0.05) is 52.4 Å². The molecule has 0 radical (unpaired) electrons. The third-order valence-corrected chi connectivity index (χ3v) is 3.41. The maximum Gasteiger partial charge on any atom is 0.419 e. The Kier molecular flexibility index (Phi) is 6.55. The molecule has 6 heteroatoms. The average molecular weight is 393 g/mol. The SMILES string of the molecule is CC(=S)Nc1cccc(OC(=O)N(CCBr)c2ccccc2)c1. The van der Waals surface area contributed by atoms with Crippen LogP contribution in [0.25, 0.3) is 0 Å². The second kappa shape index (κ2) is 8.64. The van der Waals surface area contributed by atoms with Gasteiger partial charge in [-0.25, -0.2) is 4.79 Å². The lowest BCUT2D eigenvalue weighted by Crippen LogP contribution is -2.35. The molecule has 0 unspecified atom stereocenters. The van der Waals surface area contributed by atoms with Crippen LogP contribution in [0.4, 0.5) is 16.2 Å². The van der Waals surface area contributed by atoms with E-state index in [1.807, 2.05) is 36.4 Å². The van der Waals surface area contributed by atoms with E-state index in [0.717, 1.165) is 11.4 Å². The summed E-state index contributed by atoms with van der Waals surface area (Å²) in [5.41, 5.74) is 1.58. The number of nitrogens with zero attached hydrogens (tertiary/aromatic N) is 1. The molecule has 0 aliphatic heterocycles. The van der Waals surface area contributed by atoms with E-state index in [1.165, 1.54) is 0 Å². The lowest BCUT2D eigenvalue weighted by atomic mass is 10.3. The minimum Gasteiger partial charge on any atom is -0.410 e. The number of rotatable bonds is 5. The van der Waals surface area contributed by atoms with Crippen molar-refractivity contribution >= 4 is 50.6 Å². The Morgan fingerprint density at radius 3 is 2.61 bits per heavy atom. The molecule has 2 aromatic rings. The number of benzene rings is 2. The summed E-state index contributed by atoms with van der Waals surface area (Å²) >= 11 is 8.38. The van der Waals surface area contributed by atoms with Crippen molar-refractivity contribution < 1.29 is 9.53 Å². The lowest BCUT2D eigenvalue weighted by Gasteiger charge is -2.21. The zero-order valence-corrected chi connectivity index (χ0v) is 15.1. The van der Waals surface area contributed by atoms with Crippen molar-refractivity contribution in [1.29, 1.82) is 0 Å². The molecule has 1 N–H and O–H groups in total. The minimum absolute atomic E-state index is 0.424. The van der Waals surface area contributed by atoms with E-state index in [9.17, 15) is 4.79 Å². The number of hydrogen-bond donors (Lipinski definition) is 1. The van der Waals surface area contributed by atoms with Crippen LogP contribution >= 0.6 is 28.1 Å². The van der Waals surface area contributed by atoms with Gasteiger partial charge >= 0.3 is 6.09 Å². The van der Waals surface area contributed by atoms with Crippen molar-refractivity contribution in [3.63, 3.8) is 0 Å². The Labute approximate surface area is 149 Å². The largest absolute Gasteiger partial charge is 0.419 e. The highest BCUT2D eigenvalue weighted by atomic mass is 79.9. The number of alkyl halides is 1. The van der Waals surface area contributed by atoms with Gasteiger partial charge in [0.25, 0.3) is 0 Å². The van der Waals surface area contributed by atoms with E-state index < -0.39 is 6.09 Å². The summed E-state index contributed by atoms with van der Waals surface area (Å²) in [5, 5.41) is 3.68. The third-order valence-electron chi connectivity index (χ3n) is 2.96. The van der Waals surface area contributed by atoms with Gasteiger partial charge in [0.15, 0.2) is 0 Å². The van der Waals surface area contributed by atoms with Crippen molar-refractivity contribution in [2.75, 3.05) is 22.1 Å². The summed E-state index contributed by atoms with van der Waals surface area (Å²) in [6.45, 7) is 2.31. The molecule has 0 atom stereocenters. The van der Waals surface area contributed by atoms with E-state index in [0.29, 0.717) is 22.6 Å². The first-order chi connectivity index (χ1) is 11.1. The predicted octanol–water partition coefficient (Wildman–Crippen LogP) is 4.85. The van der Waals surface area contributed by atoms with Gasteiger partial charge in [0.05, 0.1) is 4.99 Å². The molecule has 120 valence electrons. The molecule has 0 saturated carbocycles. The number of anilines is 2. The molecule has 0 saturated heterocycles. The Bertz CT molecular complexity index is 679. The Morgan fingerprint density at radius 1 is 1.22 bits per heavy atom. The summed E-state index contributed by atoms with van der Waals surface area (Å²) in [4.78, 5) is 14.7. The molecule has 2 aromatic carbocycles. The summed E-state index contributed by atoms with van der Waals surface area (Å²) in [5.74, 6) is 0.465. The second-order valence-corrected chi connectivity index (χ2v) is 6.16. The summed E-state index contributed by atoms with van der Waals surface area (Å²) in [6, 6.07) is 16.6. The third kappa shape index (κ3) is 5.33. The molecule has 0 spiro atoms. The molecule has 0 heterocycles. The monoisotopic (exact) mass is 392 g/mol. The van der Waals surface area contributed by atoms with Crippen LogP contribution in [-0.4, -0.2) is 23.0 Å². The van der Waals surface area contributed by atoms with Crippen LogP contribution in [0.1, 0.15) is 6.92 Å². The van der Waals surface area contributed by atoms with Gasteiger partial charge in [-0.05, 0) is 31.2 Å². The molecule has 23 heavy (non-hydrogen) atoms. The number of carbonyl (C=O) groups excluding carboxylic acids is 1. The van der Waals surface area contributed by atoms with Crippen LogP contribution in [0.15, 0.2) is 54.6 Å². The number of thiocarbonyl (C=S) groups is 1. The number of halogens is 1. The van der Waals surface area contributed by atoms with Crippen molar-refractivity contribution in [3.05, 3.63) is 54.6 Å². The zero-order chi connectivity index (χ0) is 16.7. The molecule has 1 amide bonds. The quantitative estimate of drug-likeness (QED) is 0.583. The molecular formula is C17H17BrN2O2S. The normalized spacial score (nSPS) is 10.0. The first-order valence-electron chi connectivity index (χ1n) is 7.08. The zero-order valence-electron chi connectivity index (χ0n) is 12.7. The van der Waals surface area contributed by atoms with Crippen molar-refractivity contribution in [2.24, 2.45) is 0 Å². The molecule has 0 aromatic heterocycles. The van der Waals surface area contributed by atoms with E-state index in [-0.39, 0.29) is 0 Å². The van der Waals surface area contributed by atoms with Crippen molar-refractivity contribution in [3.8, 4) is 5.75 Å². The number of ether oxygens (including phenoxy) is 1. The first-order valence-corrected chi connectivity index (χ1v) is 8.61. The van der Waals surface area contributed by atoms with Gasteiger partial charge in [0, 0.05) is 29.3 Å². The van der Waals surface area contributed by atoms with Crippen molar-refractivity contribution in [1.82, 2.24) is 0 Å². The van der Waals surface area contributed by atoms with E-state index in [4.69, 9.17) is 17.0 Å². The number of nitrogens with one attached hydrogen (secondary N) is 1. The summed E-state index contributed by atoms with van der Waals surface area (Å²) in [6.07, 6.45) is -0.424. The van der Waals surface area contributed by atoms with Crippen LogP contribution in [0, 0.1) is 0 Å². The summed E-state index contributed by atoms with van der Waals surface area (Å²) < 4.78 is 5.49. The maximum absolute atomic E-state index is 12.5. The van der Waals surface area contributed by atoms with Gasteiger partial charge in [-0.3, -0.25) is 4.90 Å². The van der Waals surface area contributed by atoms with Crippen molar-refractivity contribution in [2.45, 2.75) is 6.92 Å². The van der Waals surface area contributed by atoms with Gasteiger partial charge < -0.3 is 10.1 Å². The molecule has 4 nitrogen and oxygen atoms in total. The number of amides is 1. The first kappa shape index (κ1) is 17.4. The Morgan fingerprint density at radius 2 is 1.96 bits per heavy atom. The fourth-order valence-electron chi connectivity index (χ4n) is 2.01. The molecule has 0 fully saturated rings. The van der Waals surface area contributed by atoms with Gasteiger partial charge in [-0.2, -0.15) is 0 Å². The van der Waals surface area contributed by atoms with E-state index in [1.54, 1.807) is 30.0 Å². The number of para-hydroxylation sites is 1. The average Bonchev–Trinajstić information content (AvgIpc) is 2.53. The Balaban J connectivity index is 2.14. The minimum atomic E-state index is -0.424. The van der Waals surface area contributed by atoms with Gasteiger partial charge in [0.1, 0.15) is 5.75 Å². The highest BCUT2D eigenvalue weighted by Crippen LogP contribution is 2.20. The predicted molar refractivity (Wildman–Crippen MR) is 102 cm³/mol. The van der Waals surface area contributed by atoms with E-state index >= 15 is 0 Å². The second-order valence-electron chi connectivity index (χ2n) is 4.75. The smallest absolute Gasteiger partial charge is 0.410 e. The van der Waals surface area contributed by atoms with Crippen LogP contribution in [0.3, 0.4) is 0 Å². The molecule has 0 aliphatic rings. The van der Waals surface area contributed by atoms with Crippen LogP contribution < -0.4 is 15.0 Å². The van der Waals surface area contributed by atoms with Gasteiger partial charge in [-0.15, -0.1) is 0 Å². The summed E-state index contributed by atoms with van der Waals surface area (Å²) in [7, 11) is 0. The van der Waals surface area contributed by atoms with Crippen LogP contribution in [-0.2, 0) is 0 Å². The van der Waals surface area contributed by atoms with E-state index in [2.05, 4.69) is 21.2 Å². The maximum atomic E-state index is 12.5. The molecular weight excluding hydrogens is 376 g/mol. The standard InChI is InChI=1S/C17H17BrN2O2S/c1-13(23)19-14-6-5-9-16(12-14)22-17(21)20(11-10-18)15-7-3-2-4-8-15/h2-9,12H,10-11H2,1H3,(H,19,23).